The van der Waals surface area contributed by atoms with Crippen molar-refractivity contribution in [1.82, 2.24) is 4.90 Å². The summed E-state index contributed by atoms with van der Waals surface area (Å²) in [6.07, 6.45) is 3.30. The molecule has 262 valence electrons. The van der Waals surface area contributed by atoms with E-state index in [4.69, 9.17) is 5.73 Å². The minimum atomic E-state index is -3.49. The number of hydrogen-bond donors (Lipinski definition) is 1. The molecule has 46 heavy (non-hydrogen) atoms. The van der Waals surface area contributed by atoms with E-state index < -0.39 is 60.9 Å². The van der Waals surface area contributed by atoms with Crippen molar-refractivity contribution < 1.29 is 32.4 Å². The fourth-order valence-electron chi connectivity index (χ4n) is 7.54. The Morgan fingerprint density at radius 2 is 1.43 bits per heavy atom. The van der Waals surface area contributed by atoms with Crippen LogP contribution < -0.4 is 5.73 Å². The summed E-state index contributed by atoms with van der Waals surface area (Å²) in [6, 6.07) is -0.726. The molecule has 3 aliphatic rings. The maximum absolute atomic E-state index is 14.4. The molecule has 0 aromatic rings. The summed E-state index contributed by atoms with van der Waals surface area (Å²) in [4.78, 5) is 68.5. The molecule has 1 heterocycles. The van der Waals surface area contributed by atoms with Crippen LogP contribution >= 0.6 is 0 Å². The lowest BCUT2D eigenvalue weighted by Crippen LogP contribution is -2.51. The molecule has 0 spiro atoms. The Balaban J connectivity index is 1.85. The Bertz CT molecular complexity index is 1320. The van der Waals surface area contributed by atoms with Crippen LogP contribution in [0.25, 0.3) is 0 Å². The number of carbonyl (C=O) groups is 5. The molecule has 0 radical (unpaired) electrons. The number of ketones is 3. The van der Waals surface area contributed by atoms with Crippen molar-refractivity contribution >= 4 is 39.0 Å². The summed E-state index contributed by atoms with van der Waals surface area (Å²) >= 11 is 0. The highest BCUT2D eigenvalue weighted by Crippen LogP contribution is 2.65. The number of rotatable bonds is 14. The van der Waals surface area contributed by atoms with Crippen molar-refractivity contribution in [3.63, 3.8) is 0 Å². The Kier molecular flexibility index (Phi) is 10.9. The fourth-order valence-corrected chi connectivity index (χ4v) is 9.19. The number of sulfone groups is 1. The van der Waals surface area contributed by atoms with Gasteiger partial charge in [-0.05, 0) is 67.1 Å². The Morgan fingerprint density at radius 1 is 0.870 bits per heavy atom. The number of hydrogen-bond acceptors (Lipinski definition) is 7. The lowest BCUT2D eigenvalue weighted by atomic mass is 9.73. The molecule has 10 heteroatoms. The number of carbonyl (C=O) groups excluding carboxylic acids is 5. The highest BCUT2D eigenvalue weighted by Gasteiger charge is 2.69. The molecular formula is C36H60N2O7S. The van der Waals surface area contributed by atoms with E-state index in [9.17, 15) is 32.4 Å². The van der Waals surface area contributed by atoms with E-state index in [1.165, 1.54) is 0 Å². The first-order valence-corrected chi connectivity index (χ1v) is 18.8. The second-order valence-electron chi connectivity index (χ2n) is 18.3. The summed E-state index contributed by atoms with van der Waals surface area (Å²) < 4.78 is 25.3. The van der Waals surface area contributed by atoms with E-state index in [2.05, 4.69) is 13.8 Å². The molecule has 1 saturated heterocycles. The van der Waals surface area contributed by atoms with Crippen LogP contribution in [-0.2, 0) is 33.8 Å². The number of primary amides is 1. The number of likely N-dealkylation sites (tertiary alicyclic amines) is 1. The van der Waals surface area contributed by atoms with Crippen molar-refractivity contribution in [2.75, 3.05) is 12.3 Å². The zero-order valence-corrected chi connectivity index (χ0v) is 31.0. The smallest absolute Gasteiger partial charge is 0.285 e. The Labute approximate surface area is 277 Å². The van der Waals surface area contributed by atoms with Crippen LogP contribution in [0.3, 0.4) is 0 Å². The molecule has 1 aliphatic heterocycles. The van der Waals surface area contributed by atoms with Gasteiger partial charge in [-0.15, -0.1) is 0 Å². The molecule has 2 saturated carbocycles. The molecule has 3 rings (SSSR count). The van der Waals surface area contributed by atoms with Crippen LogP contribution in [0, 0.1) is 51.8 Å². The number of nitrogens with two attached hydrogens (primary N) is 1. The maximum Gasteiger partial charge on any atom is 0.285 e. The molecule has 3 fully saturated rings. The minimum absolute atomic E-state index is 0.0391. The van der Waals surface area contributed by atoms with Crippen LogP contribution in [0.2, 0.25) is 0 Å². The Morgan fingerprint density at radius 3 is 1.87 bits per heavy atom. The van der Waals surface area contributed by atoms with Gasteiger partial charge in [0.05, 0.1) is 16.5 Å². The van der Waals surface area contributed by atoms with Gasteiger partial charge in [-0.2, -0.15) is 0 Å². The summed E-state index contributed by atoms with van der Waals surface area (Å²) in [5.41, 5.74) is 4.18. The lowest BCUT2D eigenvalue weighted by molar-refractivity contribution is -0.148. The topological polar surface area (TPSA) is 149 Å². The normalized spacial score (nSPS) is 25.2. The van der Waals surface area contributed by atoms with Crippen LogP contribution in [0.4, 0.5) is 0 Å². The van der Waals surface area contributed by atoms with Gasteiger partial charge >= 0.3 is 0 Å². The lowest BCUT2D eigenvalue weighted by Gasteiger charge is -2.38. The number of fused-ring (bicyclic) bond motifs is 1. The SMILES string of the molecule is CC(C)(C)[C@H](CC(=O)C[C@H](C(=O)N1CC2[C@@H]([C@H]1C(=O)CC(CC1CCC1)C(=O)C(N)=O)C2(C)C)C(C)(C)C)CS(=O)(=O)C(C)(C)C. The molecule has 2 aliphatic carbocycles. The quantitative estimate of drug-likeness (QED) is 0.252. The summed E-state index contributed by atoms with van der Waals surface area (Å²) in [5.74, 6) is -4.07. The average molecular weight is 665 g/mol. The average Bonchev–Trinajstić information content (AvgIpc) is 3.18. The van der Waals surface area contributed by atoms with Gasteiger partial charge < -0.3 is 10.6 Å². The third-order valence-electron chi connectivity index (χ3n) is 11.6. The third-order valence-corrected chi connectivity index (χ3v) is 14.3. The number of piperidine rings is 1. The first-order chi connectivity index (χ1) is 20.7. The molecule has 0 aromatic heterocycles. The second-order valence-corrected chi connectivity index (χ2v) is 21.1. The highest BCUT2D eigenvalue weighted by atomic mass is 32.2. The molecule has 6 atom stereocenters. The second kappa shape index (κ2) is 13.1. The number of Topliss-reactive ketones (excluding diaryl/α,β-unsaturated/α-hetero) is 3. The molecule has 0 bridgehead atoms. The van der Waals surface area contributed by atoms with Crippen molar-refractivity contribution in [2.24, 2.45) is 57.5 Å². The van der Waals surface area contributed by atoms with Crippen LogP contribution in [-0.4, -0.2) is 65.6 Å². The van der Waals surface area contributed by atoms with Gasteiger partial charge in [-0.25, -0.2) is 8.42 Å². The molecule has 9 nitrogen and oxygen atoms in total. The zero-order chi connectivity index (χ0) is 35.4. The van der Waals surface area contributed by atoms with Crippen LogP contribution in [0.5, 0.6) is 0 Å². The predicted octanol–water partition coefficient (Wildman–Crippen LogP) is 5.18. The van der Waals surface area contributed by atoms with Gasteiger partial charge in [0.25, 0.3) is 5.91 Å². The van der Waals surface area contributed by atoms with Gasteiger partial charge in [-0.1, -0.05) is 74.7 Å². The molecule has 2 amide bonds. The van der Waals surface area contributed by atoms with Crippen LogP contribution in [0.1, 0.15) is 121 Å². The molecule has 0 aromatic carbocycles. The monoisotopic (exact) mass is 664 g/mol. The van der Waals surface area contributed by atoms with E-state index >= 15 is 0 Å². The van der Waals surface area contributed by atoms with E-state index in [1.54, 1.807) is 25.7 Å². The third kappa shape index (κ3) is 8.30. The maximum atomic E-state index is 14.4. The van der Waals surface area contributed by atoms with Crippen molar-refractivity contribution in [2.45, 2.75) is 132 Å². The van der Waals surface area contributed by atoms with Gasteiger partial charge in [0.15, 0.2) is 15.6 Å². The predicted molar refractivity (Wildman–Crippen MR) is 179 cm³/mol. The van der Waals surface area contributed by atoms with E-state index in [1.807, 2.05) is 41.5 Å². The van der Waals surface area contributed by atoms with E-state index in [-0.39, 0.29) is 59.7 Å². The standard InChI is InChI=1S/C36H60N2O7S/c1-33(2,3)23(20-46(44,45)35(7,8)9)17-24(39)18-25(34(4,5)6)32(43)38-19-26-28(36(26,10)11)29(38)27(40)16-22(30(41)31(37)42)15-21-13-12-14-21/h21-23,25-26,28-29H,12-20H2,1-11H3,(H2,37,42)/t22?,23-,25-,26?,28+,29-/m1/s1. The summed E-state index contributed by atoms with van der Waals surface area (Å²) in [6.45, 7) is 21.1. The number of nitrogens with zero attached hydrogens (tertiary/aromatic N) is 1. The van der Waals surface area contributed by atoms with Crippen molar-refractivity contribution in [1.29, 1.82) is 0 Å². The molecule has 2 N–H and O–H groups in total. The van der Waals surface area contributed by atoms with Crippen molar-refractivity contribution in [3.8, 4) is 0 Å². The first kappa shape index (κ1) is 38.3. The highest BCUT2D eigenvalue weighted by molar-refractivity contribution is 7.92. The Hall–Kier alpha value is -2.10. The first-order valence-electron chi connectivity index (χ1n) is 17.1. The van der Waals surface area contributed by atoms with Gasteiger partial charge in [0.2, 0.25) is 11.7 Å². The van der Waals surface area contributed by atoms with Gasteiger partial charge in [-0.3, -0.25) is 24.0 Å². The van der Waals surface area contributed by atoms with E-state index in [0.717, 1.165) is 19.3 Å². The van der Waals surface area contributed by atoms with Gasteiger partial charge in [0, 0.05) is 37.6 Å². The van der Waals surface area contributed by atoms with Gasteiger partial charge in [0.1, 0.15) is 5.78 Å². The minimum Gasteiger partial charge on any atom is -0.363 e. The zero-order valence-electron chi connectivity index (χ0n) is 30.2. The molecule has 2 unspecified atom stereocenters. The van der Waals surface area contributed by atoms with Crippen molar-refractivity contribution in [3.05, 3.63) is 0 Å². The summed E-state index contributed by atoms with van der Waals surface area (Å²) in [5, 5.41) is 0. The molecular weight excluding hydrogens is 604 g/mol. The van der Waals surface area contributed by atoms with Crippen LogP contribution in [0.15, 0.2) is 0 Å². The van der Waals surface area contributed by atoms with E-state index in [0.29, 0.717) is 18.9 Å². The summed E-state index contributed by atoms with van der Waals surface area (Å²) in [7, 11) is -3.49. The number of amides is 2. The fraction of sp³-hybridized carbons (Fsp3) is 0.861. The largest absolute Gasteiger partial charge is 0.363 e.